The van der Waals surface area contributed by atoms with Gasteiger partial charge >= 0.3 is 5.97 Å². The number of hydrogen-bond donors (Lipinski definition) is 1. The second-order valence-electron chi connectivity index (χ2n) is 9.56. The summed E-state index contributed by atoms with van der Waals surface area (Å²) in [5.74, 6) is 0.0213. The van der Waals surface area contributed by atoms with E-state index in [1.54, 1.807) is 12.1 Å². The fourth-order valence-corrected chi connectivity index (χ4v) is 5.60. The monoisotopic (exact) mass is 449 g/mol. The lowest BCUT2D eigenvalue weighted by molar-refractivity contribution is -0.183. The van der Waals surface area contributed by atoms with Crippen LogP contribution in [0.4, 0.5) is 5.69 Å². The Morgan fingerprint density at radius 1 is 1.00 bits per heavy atom. The molecule has 0 spiro atoms. The normalized spacial score (nSPS) is 23.8. The number of esters is 1. The number of ketones is 1. The number of phenols is 1. The Bertz CT molecular complexity index is 916. The van der Waals surface area contributed by atoms with Crippen LogP contribution in [0.15, 0.2) is 54.6 Å². The molecule has 0 radical (unpaired) electrons. The number of aryl methyl sites for hydroxylation is 1. The van der Waals surface area contributed by atoms with Crippen LogP contribution in [0.2, 0.25) is 0 Å². The first-order valence-electron chi connectivity index (χ1n) is 12.4. The highest BCUT2D eigenvalue weighted by atomic mass is 16.6. The zero-order chi connectivity index (χ0) is 23.3. The quantitative estimate of drug-likeness (QED) is 0.429. The van der Waals surface area contributed by atoms with Crippen molar-refractivity contribution in [2.45, 2.75) is 76.4 Å². The SMILES string of the molecule is CCCN(c1ccccc1)C1C(=O)CC(CCc2ccc(O)cc2)(C2CCCCC2)OC1=O. The number of cyclic esters (lactones) is 1. The molecule has 5 heteroatoms. The number of Topliss-reactive ketones (excluding diaryl/α,β-unsaturated/α-hetero) is 1. The number of phenolic OH excluding ortho intramolecular Hbond substituents is 1. The molecule has 2 aliphatic rings. The van der Waals surface area contributed by atoms with E-state index in [2.05, 4.69) is 6.92 Å². The molecular formula is C28H35NO4. The summed E-state index contributed by atoms with van der Waals surface area (Å²) in [6.07, 6.45) is 7.88. The summed E-state index contributed by atoms with van der Waals surface area (Å²) >= 11 is 0. The van der Waals surface area contributed by atoms with Crippen LogP contribution in [0.1, 0.15) is 63.9 Å². The van der Waals surface area contributed by atoms with Crippen molar-refractivity contribution in [1.82, 2.24) is 0 Å². The van der Waals surface area contributed by atoms with Gasteiger partial charge in [-0.05, 0) is 67.9 Å². The maximum absolute atomic E-state index is 13.6. The van der Waals surface area contributed by atoms with Crippen LogP contribution in [0.3, 0.4) is 0 Å². The first-order chi connectivity index (χ1) is 16.0. The number of benzene rings is 2. The second-order valence-corrected chi connectivity index (χ2v) is 9.56. The van der Waals surface area contributed by atoms with E-state index in [1.807, 2.05) is 47.4 Å². The highest BCUT2D eigenvalue weighted by Gasteiger charge is 2.52. The van der Waals surface area contributed by atoms with Gasteiger partial charge in [0, 0.05) is 18.7 Å². The molecule has 0 aromatic heterocycles. The van der Waals surface area contributed by atoms with Crippen LogP contribution >= 0.6 is 0 Å². The molecule has 2 aromatic carbocycles. The number of rotatable bonds is 8. The lowest BCUT2D eigenvalue weighted by Crippen LogP contribution is -2.60. The van der Waals surface area contributed by atoms with Gasteiger partial charge in [0.05, 0.1) is 0 Å². The summed E-state index contributed by atoms with van der Waals surface area (Å²) in [7, 11) is 0. The zero-order valence-electron chi connectivity index (χ0n) is 19.5. The number of carbonyl (C=O) groups excluding carboxylic acids is 2. The zero-order valence-corrected chi connectivity index (χ0v) is 19.5. The van der Waals surface area contributed by atoms with Crippen LogP contribution in [-0.4, -0.2) is 35.0 Å². The molecule has 1 N–H and O–H groups in total. The van der Waals surface area contributed by atoms with Gasteiger partial charge in [-0.25, -0.2) is 4.79 Å². The molecule has 176 valence electrons. The van der Waals surface area contributed by atoms with Crippen LogP contribution < -0.4 is 4.90 Å². The predicted molar refractivity (Wildman–Crippen MR) is 129 cm³/mol. The summed E-state index contributed by atoms with van der Waals surface area (Å²) in [4.78, 5) is 29.0. The van der Waals surface area contributed by atoms with Gasteiger partial charge in [-0.3, -0.25) is 4.79 Å². The average molecular weight is 450 g/mol. The van der Waals surface area contributed by atoms with Crippen molar-refractivity contribution >= 4 is 17.4 Å². The fraction of sp³-hybridized carbons (Fsp3) is 0.500. The highest BCUT2D eigenvalue weighted by Crippen LogP contribution is 2.44. The van der Waals surface area contributed by atoms with E-state index in [0.29, 0.717) is 19.4 Å². The van der Waals surface area contributed by atoms with Gasteiger partial charge in [0.15, 0.2) is 11.8 Å². The maximum atomic E-state index is 13.6. The average Bonchev–Trinajstić information content (AvgIpc) is 2.84. The lowest BCUT2D eigenvalue weighted by atomic mass is 9.70. The van der Waals surface area contributed by atoms with Gasteiger partial charge in [0.25, 0.3) is 0 Å². The van der Waals surface area contributed by atoms with Crippen molar-refractivity contribution in [1.29, 1.82) is 0 Å². The molecule has 0 bridgehead atoms. The molecule has 33 heavy (non-hydrogen) atoms. The van der Waals surface area contributed by atoms with Crippen LogP contribution in [0.25, 0.3) is 0 Å². The number of para-hydroxylation sites is 1. The Hall–Kier alpha value is -2.82. The van der Waals surface area contributed by atoms with Crippen LogP contribution in [0.5, 0.6) is 5.75 Å². The van der Waals surface area contributed by atoms with Gasteiger partial charge in [0.1, 0.15) is 11.4 Å². The molecule has 1 saturated carbocycles. The Morgan fingerprint density at radius 3 is 2.33 bits per heavy atom. The lowest BCUT2D eigenvalue weighted by Gasteiger charge is -2.47. The number of nitrogens with zero attached hydrogens (tertiary/aromatic N) is 1. The number of anilines is 1. The third-order valence-electron chi connectivity index (χ3n) is 7.29. The fourth-order valence-electron chi connectivity index (χ4n) is 5.60. The van der Waals surface area contributed by atoms with Crippen molar-refractivity contribution in [2.75, 3.05) is 11.4 Å². The summed E-state index contributed by atoms with van der Waals surface area (Å²) in [6, 6.07) is 16.0. The van der Waals surface area contributed by atoms with Crippen LogP contribution in [-0.2, 0) is 20.7 Å². The maximum Gasteiger partial charge on any atom is 0.337 e. The van der Waals surface area contributed by atoms with E-state index in [9.17, 15) is 14.7 Å². The van der Waals surface area contributed by atoms with Crippen molar-refractivity contribution < 1.29 is 19.4 Å². The van der Waals surface area contributed by atoms with Crippen molar-refractivity contribution in [2.24, 2.45) is 5.92 Å². The number of ether oxygens (including phenoxy) is 1. The highest BCUT2D eigenvalue weighted by molar-refractivity contribution is 6.08. The van der Waals surface area contributed by atoms with Gasteiger partial charge in [0.2, 0.25) is 0 Å². The number of hydrogen-bond acceptors (Lipinski definition) is 5. The molecule has 1 aliphatic carbocycles. The van der Waals surface area contributed by atoms with Gasteiger partial charge in [-0.1, -0.05) is 56.5 Å². The molecular weight excluding hydrogens is 414 g/mol. The molecule has 0 amide bonds. The van der Waals surface area contributed by atoms with Gasteiger partial charge < -0.3 is 14.7 Å². The van der Waals surface area contributed by atoms with E-state index in [4.69, 9.17) is 4.74 Å². The molecule has 1 aliphatic heterocycles. The summed E-state index contributed by atoms with van der Waals surface area (Å²) in [5.41, 5.74) is 1.21. The minimum atomic E-state index is -0.877. The standard InChI is InChI=1S/C28H35NO4/c1-2-19-29(23-11-7-4-8-12-23)26-25(31)20-28(33-27(26)32,22-9-5-3-6-10-22)18-17-21-13-15-24(30)16-14-21/h4,7-8,11-16,22,26,30H,2-3,5-6,9-10,17-20H2,1H3. The van der Waals surface area contributed by atoms with Crippen LogP contribution in [0, 0.1) is 5.92 Å². The topological polar surface area (TPSA) is 66.8 Å². The third-order valence-corrected chi connectivity index (χ3v) is 7.29. The minimum Gasteiger partial charge on any atom is -0.508 e. The molecule has 2 unspecified atom stereocenters. The largest absolute Gasteiger partial charge is 0.508 e. The second kappa shape index (κ2) is 10.4. The van der Waals surface area contributed by atoms with E-state index < -0.39 is 17.6 Å². The smallest absolute Gasteiger partial charge is 0.337 e. The predicted octanol–water partition coefficient (Wildman–Crippen LogP) is 5.45. The Labute approximate surface area is 196 Å². The molecule has 2 fully saturated rings. The number of aromatic hydroxyl groups is 1. The minimum absolute atomic E-state index is 0.0279. The first kappa shape index (κ1) is 23.3. The molecule has 2 atom stereocenters. The molecule has 2 aromatic rings. The summed E-state index contributed by atoms with van der Waals surface area (Å²) in [5, 5.41) is 9.60. The molecule has 5 nitrogen and oxygen atoms in total. The Kier molecular flexibility index (Phi) is 7.36. The Morgan fingerprint density at radius 2 is 1.70 bits per heavy atom. The summed E-state index contributed by atoms with van der Waals surface area (Å²) in [6.45, 7) is 2.68. The van der Waals surface area contributed by atoms with Crippen molar-refractivity contribution in [3.63, 3.8) is 0 Å². The summed E-state index contributed by atoms with van der Waals surface area (Å²) < 4.78 is 6.34. The van der Waals surface area contributed by atoms with E-state index in [-0.39, 0.29) is 23.9 Å². The molecule has 1 heterocycles. The van der Waals surface area contributed by atoms with E-state index in [1.165, 1.54) is 6.42 Å². The third kappa shape index (κ3) is 5.23. The van der Waals surface area contributed by atoms with Gasteiger partial charge in [-0.2, -0.15) is 0 Å². The number of carbonyl (C=O) groups is 2. The first-order valence-corrected chi connectivity index (χ1v) is 12.4. The van der Waals surface area contributed by atoms with Crippen molar-refractivity contribution in [3.8, 4) is 5.75 Å². The van der Waals surface area contributed by atoms with Crippen molar-refractivity contribution in [3.05, 3.63) is 60.2 Å². The molecule has 4 rings (SSSR count). The van der Waals surface area contributed by atoms with Gasteiger partial charge in [-0.15, -0.1) is 0 Å². The van der Waals surface area contributed by atoms with E-state index in [0.717, 1.165) is 43.4 Å². The Balaban J connectivity index is 1.59. The van der Waals surface area contributed by atoms with E-state index >= 15 is 0 Å². The molecule has 1 saturated heterocycles.